The number of carbonyl (C=O) groups is 4. The summed E-state index contributed by atoms with van der Waals surface area (Å²) in [6, 6.07) is 13.1. The van der Waals surface area contributed by atoms with Crippen molar-refractivity contribution in [2.75, 3.05) is 13.2 Å². The first-order valence-electron chi connectivity index (χ1n) is 15.4. The van der Waals surface area contributed by atoms with Crippen LogP contribution in [0, 0.1) is 11.8 Å². The molecule has 0 aromatic heterocycles. The number of esters is 3. The number of hydrogen-bond donors (Lipinski definition) is 1. The van der Waals surface area contributed by atoms with Crippen molar-refractivity contribution in [2.45, 2.75) is 78.1 Å². The second kappa shape index (κ2) is 20.2. The molecule has 0 spiro atoms. The number of para-hydroxylation sites is 2. The Hall–Kier alpha value is -3.91. The Bertz CT molecular complexity index is 1290. The largest absolute Gasteiger partial charge is 0.507 e. The minimum absolute atomic E-state index is 0.0128. The van der Waals surface area contributed by atoms with E-state index in [4.69, 9.17) is 25.8 Å². The highest BCUT2D eigenvalue weighted by Gasteiger charge is 2.20. The van der Waals surface area contributed by atoms with E-state index in [-0.39, 0.29) is 28.2 Å². The lowest BCUT2D eigenvalue weighted by Gasteiger charge is -2.21. The molecule has 0 heterocycles. The van der Waals surface area contributed by atoms with Gasteiger partial charge in [-0.3, -0.25) is 4.79 Å². The number of benzene rings is 2. The van der Waals surface area contributed by atoms with Crippen LogP contribution >= 0.6 is 11.6 Å². The van der Waals surface area contributed by atoms with Gasteiger partial charge in [0.25, 0.3) is 0 Å². The van der Waals surface area contributed by atoms with E-state index in [2.05, 4.69) is 13.2 Å². The molecule has 9 heteroatoms. The Balaban J connectivity index is 0.000000272. The number of aromatic hydroxyl groups is 1. The van der Waals surface area contributed by atoms with Gasteiger partial charge in [0.15, 0.2) is 0 Å². The van der Waals surface area contributed by atoms with Gasteiger partial charge in [-0.2, -0.15) is 0 Å². The molecule has 244 valence electrons. The predicted molar refractivity (Wildman–Crippen MR) is 174 cm³/mol. The van der Waals surface area contributed by atoms with Gasteiger partial charge in [-0.15, -0.1) is 0 Å². The monoisotopic (exact) mass is 640 g/mol. The molecule has 2 aromatic rings. The standard InChI is InChI=1S/C18H22O4.C14H18O3.C4H5ClO/c1-13(2)17(19)22-16-11-7-6-10-15(16)18(20)21-12-14-8-4-3-5-9-14;15-13-9-5-4-8-12(13)14(16)17-10-11-6-2-1-3-7-11;1-3(2)4(5)6/h6-7,10-11,14H,1,3-5,8-9,12H2,2H3;4-5,8-9,11,15H,1-3,6-7,10H2;1H2,2H3. The minimum atomic E-state index is -0.549. The van der Waals surface area contributed by atoms with Crippen LogP contribution in [0.25, 0.3) is 0 Å². The van der Waals surface area contributed by atoms with Crippen LogP contribution in [0.1, 0.15) is 98.8 Å². The topological polar surface area (TPSA) is 116 Å². The van der Waals surface area contributed by atoms with Gasteiger partial charge in [0, 0.05) is 11.1 Å². The molecule has 2 aromatic carbocycles. The number of phenols is 1. The Kier molecular flexibility index (Phi) is 16.7. The summed E-state index contributed by atoms with van der Waals surface area (Å²) < 4.78 is 15.8. The van der Waals surface area contributed by atoms with E-state index in [0.717, 1.165) is 25.7 Å². The van der Waals surface area contributed by atoms with Gasteiger partial charge in [-0.25, -0.2) is 14.4 Å². The van der Waals surface area contributed by atoms with Crippen molar-refractivity contribution >= 4 is 34.8 Å². The summed E-state index contributed by atoms with van der Waals surface area (Å²) in [6.45, 7) is 10.8. The molecule has 2 aliphatic rings. The zero-order valence-electron chi connectivity index (χ0n) is 26.4. The van der Waals surface area contributed by atoms with E-state index < -0.39 is 23.2 Å². The Morgan fingerprint density at radius 3 is 1.58 bits per heavy atom. The first-order valence-corrected chi connectivity index (χ1v) is 15.8. The van der Waals surface area contributed by atoms with Crippen LogP contribution in [0.4, 0.5) is 0 Å². The van der Waals surface area contributed by atoms with Gasteiger partial charge in [0.05, 0.1) is 13.2 Å². The van der Waals surface area contributed by atoms with Gasteiger partial charge in [0.2, 0.25) is 5.24 Å². The lowest BCUT2D eigenvalue weighted by Crippen LogP contribution is -2.18. The number of hydrogen-bond acceptors (Lipinski definition) is 8. The van der Waals surface area contributed by atoms with Crippen LogP contribution in [0.2, 0.25) is 0 Å². The maximum atomic E-state index is 12.2. The van der Waals surface area contributed by atoms with Gasteiger partial charge < -0.3 is 19.3 Å². The van der Waals surface area contributed by atoms with E-state index in [0.29, 0.717) is 30.6 Å². The van der Waals surface area contributed by atoms with Crippen LogP contribution < -0.4 is 4.74 Å². The summed E-state index contributed by atoms with van der Waals surface area (Å²) in [5.41, 5.74) is 1.19. The molecule has 45 heavy (non-hydrogen) atoms. The van der Waals surface area contributed by atoms with Crippen LogP contribution in [0.15, 0.2) is 72.8 Å². The molecule has 0 amide bonds. The second-order valence-corrected chi connectivity index (χ2v) is 11.8. The third kappa shape index (κ3) is 14.2. The molecule has 0 aliphatic heterocycles. The van der Waals surface area contributed by atoms with E-state index in [1.807, 2.05) is 0 Å². The summed E-state index contributed by atoms with van der Waals surface area (Å²) in [7, 11) is 0. The van der Waals surface area contributed by atoms with Crippen molar-refractivity contribution in [1.82, 2.24) is 0 Å². The van der Waals surface area contributed by atoms with E-state index in [1.54, 1.807) is 56.3 Å². The van der Waals surface area contributed by atoms with Crippen molar-refractivity contribution in [2.24, 2.45) is 11.8 Å². The molecular weight excluding hydrogens is 596 g/mol. The van der Waals surface area contributed by atoms with Gasteiger partial charge >= 0.3 is 17.9 Å². The quantitative estimate of drug-likeness (QED) is 0.126. The summed E-state index contributed by atoms with van der Waals surface area (Å²) in [5.74, 6) is -0.274. The normalized spacial score (nSPS) is 14.7. The molecule has 0 atom stereocenters. The first kappa shape index (κ1) is 37.3. The van der Waals surface area contributed by atoms with E-state index >= 15 is 0 Å². The van der Waals surface area contributed by atoms with Crippen molar-refractivity contribution in [3.05, 3.63) is 84.0 Å². The summed E-state index contributed by atoms with van der Waals surface area (Å²) >= 11 is 4.87. The Labute approximate surface area is 271 Å². The SMILES string of the molecule is C=C(C)C(=O)Cl.C=C(C)C(=O)Oc1ccccc1C(=O)OCC1CCCCC1.O=C(OCC1CCCCC1)c1ccccc1O. The number of rotatable bonds is 9. The molecule has 1 N–H and O–H groups in total. The third-order valence-corrected chi connectivity index (χ3v) is 7.79. The molecular formula is C36H45ClO8. The van der Waals surface area contributed by atoms with Crippen LogP contribution in [0.5, 0.6) is 11.5 Å². The molecule has 4 rings (SSSR count). The lowest BCUT2D eigenvalue weighted by molar-refractivity contribution is -0.130. The smallest absolute Gasteiger partial charge is 0.341 e. The number of halogens is 1. The highest BCUT2D eigenvalue weighted by Crippen LogP contribution is 2.26. The minimum Gasteiger partial charge on any atom is -0.507 e. The van der Waals surface area contributed by atoms with Gasteiger partial charge in [-0.05, 0) is 87.2 Å². The van der Waals surface area contributed by atoms with E-state index in [9.17, 15) is 24.3 Å². The molecule has 8 nitrogen and oxygen atoms in total. The highest BCUT2D eigenvalue weighted by molar-refractivity contribution is 6.67. The summed E-state index contributed by atoms with van der Waals surface area (Å²) in [4.78, 5) is 45.4. The zero-order valence-corrected chi connectivity index (χ0v) is 27.1. The van der Waals surface area contributed by atoms with Crippen LogP contribution in [-0.2, 0) is 19.1 Å². The fourth-order valence-corrected chi connectivity index (χ4v) is 4.81. The highest BCUT2D eigenvalue weighted by atomic mass is 35.5. The molecule has 2 saturated carbocycles. The Morgan fingerprint density at radius 2 is 1.13 bits per heavy atom. The second-order valence-electron chi connectivity index (χ2n) is 11.4. The number of carbonyl (C=O) groups excluding carboxylic acids is 4. The third-order valence-electron chi connectivity index (χ3n) is 7.47. The van der Waals surface area contributed by atoms with Gasteiger partial charge in [-0.1, -0.05) is 75.9 Å². The molecule has 0 bridgehead atoms. The predicted octanol–water partition coefficient (Wildman–Crippen LogP) is 8.36. The number of allylic oxidation sites excluding steroid dienone is 1. The van der Waals surface area contributed by atoms with Crippen molar-refractivity contribution in [1.29, 1.82) is 0 Å². The fourth-order valence-electron chi connectivity index (χ4n) is 4.81. The van der Waals surface area contributed by atoms with Crippen LogP contribution in [0.3, 0.4) is 0 Å². The molecule has 0 saturated heterocycles. The Morgan fingerprint density at radius 1 is 0.711 bits per heavy atom. The number of ether oxygens (including phenoxy) is 3. The molecule has 0 unspecified atom stereocenters. The van der Waals surface area contributed by atoms with Crippen molar-refractivity contribution in [3.63, 3.8) is 0 Å². The summed E-state index contributed by atoms with van der Waals surface area (Å²) in [6.07, 6.45) is 12.0. The van der Waals surface area contributed by atoms with Crippen molar-refractivity contribution < 1.29 is 38.5 Å². The van der Waals surface area contributed by atoms with Crippen LogP contribution in [-0.4, -0.2) is 41.5 Å². The average molecular weight is 641 g/mol. The maximum Gasteiger partial charge on any atom is 0.341 e. The lowest BCUT2D eigenvalue weighted by atomic mass is 9.90. The first-order chi connectivity index (χ1) is 21.5. The van der Waals surface area contributed by atoms with Crippen molar-refractivity contribution in [3.8, 4) is 11.5 Å². The van der Waals surface area contributed by atoms with E-state index in [1.165, 1.54) is 44.6 Å². The number of phenolic OH excluding ortho intramolecular Hbond substituents is 1. The average Bonchev–Trinajstić information content (AvgIpc) is 3.04. The molecule has 2 fully saturated rings. The summed E-state index contributed by atoms with van der Waals surface area (Å²) in [5, 5.41) is 9.05. The zero-order chi connectivity index (χ0) is 33.2. The fraction of sp³-hybridized carbons (Fsp3) is 0.444. The molecule has 2 aliphatic carbocycles. The van der Waals surface area contributed by atoms with Gasteiger partial charge in [0.1, 0.15) is 22.6 Å². The molecule has 0 radical (unpaired) electrons. The maximum absolute atomic E-state index is 12.2.